The molecule has 2 saturated heterocycles. The fourth-order valence-electron chi connectivity index (χ4n) is 4.38. The number of hydrogen-bond donors (Lipinski definition) is 4. The summed E-state index contributed by atoms with van der Waals surface area (Å²) >= 11 is 0. The van der Waals surface area contributed by atoms with Gasteiger partial charge in [0, 0.05) is 49.2 Å². The van der Waals surface area contributed by atoms with Crippen molar-refractivity contribution in [2.75, 3.05) is 0 Å². The van der Waals surface area contributed by atoms with Crippen molar-refractivity contribution in [2.24, 2.45) is 5.73 Å². The van der Waals surface area contributed by atoms with Crippen LogP contribution in [0.15, 0.2) is 36.4 Å². The van der Waals surface area contributed by atoms with Crippen LogP contribution in [0.25, 0.3) is 0 Å². The summed E-state index contributed by atoms with van der Waals surface area (Å²) < 4.78 is 115. The van der Waals surface area contributed by atoms with Crippen LogP contribution in [0.2, 0.25) is 0 Å². The Hall–Kier alpha value is -4.60. The largest absolute Gasteiger partial charge is 0.481 e. The van der Waals surface area contributed by atoms with E-state index in [0.29, 0.717) is 37.1 Å². The molecule has 16 heteroatoms. The zero-order valence-corrected chi connectivity index (χ0v) is 23.6. The van der Waals surface area contributed by atoms with E-state index in [1.807, 2.05) is 0 Å². The van der Waals surface area contributed by atoms with Gasteiger partial charge in [0.15, 0.2) is 34.9 Å². The Labute approximate surface area is 263 Å². The number of carboxylic acids is 1. The maximum Gasteiger partial charge on any atom is 0.304 e. The average molecular weight is 680 g/mol. The van der Waals surface area contributed by atoms with E-state index in [1.165, 1.54) is 0 Å². The molecule has 256 valence electrons. The molecule has 0 saturated carbocycles. The van der Waals surface area contributed by atoms with Crippen LogP contribution in [0.1, 0.15) is 43.4 Å². The predicted octanol–water partition coefficient (Wildman–Crippen LogP) is 5.15. The molecule has 3 atom stereocenters. The van der Waals surface area contributed by atoms with Gasteiger partial charge in [0.25, 0.3) is 0 Å². The second-order valence-electron chi connectivity index (χ2n) is 10.5. The van der Waals surface area contributed by atoms with Gasteiger partial charge in [0.1, 0.15) is 17.5 Å². The first kappa shape index (κ1) is 38.6. The Morgan fingerprint density at radius 2 is 0.936 bits per heavy atom. The molecule has 3 aromatic carbocycles. The van der Waals surface area contributed by atoms with E-state index in [9.17, 15) is 53.9 Å². The van der Waals surface area contributed by atoms with E-state index in [-0.39, 0.29) is 73.7 Å². The first-order chi connectivity index (χ1) is 21.5. The predicted molar refractivity (Wildman–Crippen MR) is 150 cm³/mol. The molecule has 3 aromatic rings. The van der Waals surface area contributed by atoms with Gasteiger partial charge >= 0.3 is 5.97 Å². The van der Waals surface area contributed by atoms with E-state index < -0.39 is 64.4 Å². The maximum absolute atomic E-state index is 13.1. The molecule has 0 aliphatic carbocycles. The summed E-state index contributed by atoms with van der Waals surface area (Å²) in [5, 5.41) is 13.5. The van der Waals surface area contributed by atoms with Crippen LogP contribution in [0, 0.1) is 52.4 Å². The fourth-order valence-corrected chi connectivity index (χ4v) is 4.38. The minimum atomic E-state index is -1.28. The molecule has 2 unspecified atom stereocenters. The average Bonchev–Trinajstić information content (AvgIpc) is 2.92. The van der Waals surface area contributed by atoms with Gasteiger partial charge in [0.2, 0.25) is 11.8 Å². The van der Waals surface area contributed by atoms with Crippen LogP contribution in [0.4, 0.5) is 39.5 Å². The minimum absolute atomic E-state index is 0. The van der Waals surface area contributed by atoms with Crippen molar-refractivity contribution in [2.45, 2.75) is 64.1 Å². The fraction of sp³-hybridized carbons (Fsp3) is 0.323. The summed E-state index contributed by atoms with van der Waals surface area (Å²) in [5.74, 6) is -10.9. The van der Waals surface area contributed by atoms with E-state index in [2.05, 4.69) is 10.6 Å². The lowest BCUT2D eigenvalue weighted by atomic mass is 9.97. The zero-order valence-electron chi connectivity index (χ0n) is 23.6. The number of aliphatic carboxylic acids is 1. The normalized spacial score (nSPS) is 16.8. The van der Waals surface area contributed by atoms with Crippen molar-refractivity contribution < 1.29 is 59.0 Å². The van der Waals surface area contributed by atoms with Crippen molar-refractivity contribution >= 4 is 17.8 Å². The van der Waals surface area contributed by atoms with Crippen molar-refractivity contribution in [1.29, 1.82) is 0 Å². The molecule has 7 nitrogen and oxygen atoms in total. The van der Waals surface area contributed by atoms with Crippen LogP contribution in [0.3, 0.4) is 0 Å². The van der Waals surface area contributed by atoms with E-state index in [1.54, 1.807) is 0 Å². The molecule has 47 heavy (non-hydrogen) atoms. The second kappa shape index (κ2) is 16.8. The molecule has 0 bridgehead atoms. The van der Waals surface area contributed by atoms with Gasteiger partial charge in [-0.2, -0.15) is 0 Å². The quantitative estimate of drug-likeness (QED) is 0.149. The van der Waals surface area contributed by atoms with Crippen molar-refractivity contribution in [3.05, 3.63) is 105 Å². The number of hydrogen-bond acceptors (Lipinski definition) is 4. The topological polar surface area (TPSA) is 122 Å². The number of carbonyl (C=O) groups excluding carboxylic acids is 2. The molecule has 2 heterocycles. The Bertz CT molecular complexity index is 1530. The number of β-lactam (4-membered cyclic amide) rings is 2. The van der Waals surface area contributed by atoms with E-state index in [0.717, 1.165) is 12.1 Å². The number of nitrogens with two attached hydrogens (primary N) is 1. The van der Waals surface area contributed by atoms with Crippen molar-refractivity contribution in [3.63, 3.8) is 0 Å². The lowest BCUT2D eigenvalue weighted by Gasteiger charge is -2.26. The summed E-state index contributed by atoms with van der Waals surface area (Å²) in [6.07, 6.45) is 0.466. The Kier molecular flexibility index (Phi) is 13.8. The summed E-state index contributed by atoms with van der Waals surface area (Å²) in [6.45, 7) is 0. The zero-order chi connectivity index (χ0) is 34.3. The van der Waals surface area contributed by atoms with Crippen molar-refractivity contribution in [1.82, 2.24) is 10.6 Å². The molecule has 2 aliphatic heterocycles. The second-order valence-corrected chi connectivity index (χ2v) is 10.5. The monoisotopic (exact) mass is 679 g/mol. The van der Waals surface area contributed by atoms with Gasteiger partial charge in [-0.1, -0.05) is 7.43 Å². The molecule has 0 spiro atoms. The van der Waals surface area contributed by atoms with Crippen LogP contribution in [-0.2, 0) is 33.6 Å². The first-order valence-electron chi connectivity index (χ1n) is 13.5. The summed E-state index contributed by atoms with van der Waals surface area (Å²) in [6, 6.07) is 2.62. The van der Waals surface area contributed by atoms with Crippen molar-refractivity contribution in [3.8, 4) is 0 Å². The third-order valence-corrected chi connectivity index (χ3v) is 6.71. The maximum atomic E-state index is 13.1. The number of nitrogens with one attached hydrogen (secondary N) is 2. The number of halogens is 9. The third kappa shape index (κ3) is 11.3. The molecule has 2 aliphatic rings. The molecule has 2 amide bonds. The van der Waals surface area contributed by atoms with Crippen LogP contribution in [0.5, 0.6) is 0 Å². The van der Waals surface area contributed by atoms with Crippen LogP contribution in [-0.4, -0.2) is 41.0 Å². The highest BCUT2D eigenvalue weighted by Crippen LogP contribution is 2.20. The molecule has 2 fully saturated rings. The number of amides is 2. The van der Waals surface area contributed by atoms with Gasteiger partial charge in [0.05, 0.1) is 6.42 Å². The summed E-state index contributed by atoms with van der Waals surface area (Å²) in [4.78, 5) is 31.4. The molecule has 5 rings (SSSR count). The van der Waals surface area contributed by atoms with Crippen LogP contribution < -0.4 is 16.4 Å². The van der Waals surface area contributed by atoms with E-state index >= 15 is 0 Å². The Morgan fingerprint density at radius 3 is 1.26 bits per heavy atom. The first-order valence-corrected chi connectivity index (χ1v) is 13.5. The lowest BCUT2D eigenvalue weighted by molar-refractivity contribution is -0.137. The third-order valence-electron chi connectivity index (χ3n) is 6.71. The molecular weight excluding hydrogens is 649 g/mol. The van der Waals surface area contributed by atoms with Crippen LogP contribution >= 0.6 is 0 Å². The molecular formula is C31H30F9N3O4. The van der Waals surface area contributed by atoms with Gasteiger partial charge < -0.3 is 21.5 Å². The smallest absolute Gasteiger partial charge is 0.304 e. The molecule has 5 N–H and O–H groups in total. The Morgan fingerprint density at radius 1 is 0.638 bits per heavy atom. The number of carbonyl (C=O) groups is 3. The van der Waals surface area contributed by atoms with E-state index in [4.69, 9.17) is 10.8 Å². The SMILES string of the molecule is C.N[C@H](CC(=O)O)Cc1cc(F)c(F)cc1F.O=C1CC(Cc2cc(F)c(F)cc2F)N1.O=C1CC(Cc2cc(F)c(F)cc2F)N1. The highest BCUT2D eigenvalue weighted by Gasteiger charge is 2.27. The number of benzene rings is 3. The summed E-state index contributed by atoms with van der Waals surface area (Å²) in [5.41, 5.74) is 5.43. The van der Waals surface area contributed by atoms with Gasteiger partial charge in [-0.15, -0.1) is 0 Å². The lowest BCUT2D eigenvalue weighted by Crippen LogP contribution is -2.49. The molecule has 0 radical (unpaired) electrons. The summed E-state index contributed by atoms with van der Waals surface area (Å²) in [7, 11) is 0. The standard InChI is InChI=1S/C10H10F3NO2.2C10H8F3NO.CH4/c11-7-4-9(13)8(12)2-5(7)1-6(14)3-10(15)16;2*11-7-4-9(13)8(12)2-5(7)1-6-3-10(15)14-6;/h2,4,6H,1,3,14H2,(H,15,16);2*2,4,6H,1,3H2,(H,14,15);1H4/t6-;;;/m0.../s1. The highest BCUT2D eigenvalue weighted by atomic mass is 19.2. The Balaban J connectivity index is 0.000000243. The van der Waals surface area contributed by atoms with Gasteiger partial charge in [-0.05, 0) is 54.2 Å². The van der Waals surface area contributed by atoms with Gasteiger partial charge in [-0.3, -0.25) is 14.4 Å². The minimum Gasteiger partial charge on any atom is -0.481 e. The highest BCUT2D eigenvalue weighted by molar-refractivity contribution is 5.83. The van der Waals surface area contributed by atoms with Gasteiger partial charge in [-0.25, -0.2) is 39.5 Å². The number of rotatable bonds is 8. The molecule has 0 aromatic heterocycles. The number of carboxylic acid groups (broad SMARTS) is 1.